The fourth-order valence-corrected chi connectivity index (χ4v) is 2.89. The van der Waals surface area contributed by atoms with Crippen LogP contribution in [0.4, 0.5) is 0 Å². The maximum atomic E-state index is 12.5. The molecule has 1 aromatic heterocycles. The van der Waals surface area contributed by atoms with E-state index in [1.54, 1.807) is 27.9 Å². The first kappa shape index (κ1) is 15.6. The Morgan fingerprint density at radius 1 is 1.26 bits per heavy atom. The van der Waals surface area contributed by atoms with Crippen LogP contribution in [0.25, 0.3) is 5.69 Å². The van der Waals surface area contributed by atoms with E-state index in [1.165, 1.54) is 6.20 Å². The summed E-state index contributed by atoms with van der Waals surface area (Å²) in [5, 5.41) is 13.8. The van der Waals surface area contributed by atoms with Crippen molar-refractivity contribution >= 4 is 23.5 Å². The molecule has 0 aliphatic carbocycles. The number of carboxylic acids is 1. The van der Waals surface area contributed by atoms with Crippen LogP contribution >= 0.6 is 11.6 Å². The molecule has 1 fully saturated rings. The highest BCUT2D eigenvalue weighted by atomic mass is 35.5. The van der Waals surface area contributed by atoms with Crippen molar-refractivity contribution in [2.45, 2.75) is 12.8 Å². The summed E-state index contributed by atoms with van der Waals surface area (Å²) in [6, 6.07) is 7.21. The molecule has 3 rings (SSSR count). The minimum atomic E-state index is -0.786. The standard InChI is InChI=1S/C16H16ClN3O3/c17-13-2-1-3-14(8-13)20-10-12(9-18-20)15(21)19-6-4-11(5-7-19)16(22)23/h1-3,8-11H,4-7H2,(H,22,23). The first-order valence-corrected chi connectivity index (χ1v) is 7.75. The molecule has 1 aliphatic rings. The fourth-order valence-electron chi connectivity index (χ4n) is 2.71. The Kier molecular flexibility index (Phi) is 4.34. The number of aromatic nitrogens is 2. The van der Waals surface area contributed by atoms with Gasteiger partial charge in [-0.3, -0.25) is 9.59 Å². The van der Waals surface area contributed by atoms with Crippen LogP contribution in [-0.2, 0) is 4.79 Å². The molecule has 1 amide bonds. The van der Waals surface area contributed by atoms with Gasteiger partial charge in [0, 0.05) is 24.3 Å². The molecule has 120 valence electrons. The minimum Gasteiger partial charge on any atom is -0.481 e. The second-order valence-electron chi connectivity index (χ2n) is 5.56. The van der Waals surface area contributed by atoms with Gasteiger partial charge in [0.25, 0.3) is 5.91 Å². The summed E-state index contributed by atoms with van der Waals surface area (Å²) in [6.07, 6.45) is 4.16. The molecule has 0 bridgehead atoms. The van der Waals surface area contributed by atoms with Crippen LogP contribution in [-0.4, -0.2) is 44.8 Å². The number of amides is 1. The zero-order chi connectivity index (χ0) is 16.4. The van der Waals surface area contributed by atoms with Gasteiger partial charge in [0.1, 0.15) is 0 Å². The van der Waals surface area contributed by atoms with Gasteiger partial charge in [0.2, 0.25) is 0 Å². The third-order valence-electron chi connectivity index (χ3n) is 4.03. The number of aliphatic carboxylic acids is 1. The van der Waals surface area contributed by atoms with Gasteiger partial charge >= 0.3 is 5.97 Å². The zero-order valence-corrected chi connectivity index (χ0v) is 13.1. The molecule has 1 saturated heterocycles. The predicted octanol–water partition coefficient (Wildman–Crippen LogP) is 2.46. The summed E-state index contributed by atoms with van der Waals surface area (Å²) in [7, 11) is 0. The summed E-state index contributed by atoms with van der Waals surface area (Å²) in [5.41, 5.74) is 1.26. The van der Waals surface area contributed by atoms with Crippen molar-refractivity contribution < 1.29 is 14.7 Å². The molecule has 0 spiro atoms. The van der Waals surface area contributed by atoms with Crippen LogP contribution in [0.2, 0.25) is 5.02 Å². The minimum absolute atomic E-state index is 0.123. The molecular formula is C16H16ClN3O3. The van der Waals surface area contributed by atoms with Crippen LogP contribution in [0, 0.1) is 5.92 Å². The number of carboxylic acid groups (broad SMARTS) is 1. The first-order chi connectivity index (χ1) is 11.0. The van der Waals surface area contributed by atoms with E-state index in [9.17, 15) is 9.59 Å². The van der Waals surface area contributed by atoms with Crippen LogP contribution < -0.4 is 0 Å². The maximum Gasteiger partial charge on any atom is 0.306 e. The third-order valence-corrected chi connectivity index (χ3v) is 4.27. The number of carbonyl (C=O) groups excluding carboxylic acids is 1. The van der Waals surface area contributed by atoms with Gasteiger partial charge in [-0.2, -0.15) is 5.10 Å². The van der Waals surface area contributed by atoms with Gasteiger partial charge in [-0.15, -0.1) is 0 Å². The smallest absolute Gasteiger partial charge is 0.306 e. The van der Waals surface area contributed by atoms with Crippen molar-refractivity contribution in [3.8, 4) is 5.69 Å². The summed E-state index contributed by atoms with van der Waals surface area (Å²) < 4.78 is 1.60. The lowest BCUT2D eigenvalue weighted by atomic mass is 9.97. The Bertz CT molecular complexity index is 736. The van der Waals surface area contributed by atoms with Crippen LogP contribution in [0.15, 0.2) is 36.7 Å². The molecule has 0 saturated carbocycles. The number of likely N-dealkylation sites (tertiary alicyclic amines) is 1. The Morgan fingerprint density at radius 2 is 2.00 bits per heavy atom. The summed E-state index contributed by atoms with van der Waals surface area (Å²) in [4.78, 5) is 25.1. The molecule has 2 heterocycles. The summed E-state index contributed by atoms with van der Waals surface area (Å²) in [5.74, 6) is -1.26. The molecular weight excluding hydrogens is 318 g/mol. The normalized spacial score (nSPS) is 15.6. The van der Waals surface area contributed by atoms with E-state index in [0.717, 1.165) is 5.69 Å². The highest BCUT2D eigenvalue weighted by molar-refractivity contribution is 6.30. The molecule has 23 heavy (non-hydrogen) atoms. The quantitative estimate of drug-likeness (QED) is 0.936. The first-order valence-electron chi connectivity index (χ1n) is 7.37. The van der Waals surface area contributed by atoms with Crippen molar-refractivity contribution in [1.82, 2.24) is 14.7 Å². The van der Waals surface area contributed by atoms with Gasteiger partial charge in [-0.05, 0) is 31.0 Å². The molecule has 0 unspecified atom stereocenters. The molecule has 7 heteroatoms. The fraction of sp³-hybridized carbons (Fsp3) is 0.312. The van der Waals surface area contributed by atoms with E-state index in [1.807, 2.05) is 12.1 Å². The predicted molar refractivity (Wildman–Crippen MR) is 84.8 cm³/mol. The van der Waals surface area contributed by atoms with E-state index in [2.05, 4.69) is 5.10 Å². The lowest BCUT2D eigenvalue weighted by molar-refractivity contribution is -0.143. The number of rotatable bonds is 3. The molecule has 1 aliphatic heterocycles. The van der Waals surface area contributed by atoms with Crippen molar-refractivity contribution in [3.05, 3.63) is 47.2 Å². The zero-order valence-electron chi connectivity index (χ0n) is 12.4. The molecule has 1 N–H and O–H groups in total. The third kappa shape index (κ3) is 3.37. The van der Waals surface area contributed by atoms with Crippen LogP contribution in [0.5, 0.6) is 0 Å². The van der Waals surface area contributed by atoms with Gasteiger partial charge in [0.05, 0.1) is 23.4 Å². The molecule has 0 radical (unpaired) electrons. The Balaban J connectivity index is 1.71. The number of nitrogens with zero attached hydrogens (tertiary/aromatic N) is 3. The van der Waals surface area contributed by atoms with Crippen LogP contribution in [0.3, 0.4) is 0 Å². The van der Waals surface area contributed by atoms with E-state index < -0.39 is 5.97 Å². The van der Waals surface area contributed by atoms with Gasteiger partial charge < -0.3 is 10.0 Å². The molecule has 1 aromatic carbocycles. The van der Waals surface area contributed by atoms with Crippen molar-refractivity contribution in [1.29, 1.82) is 0 Å². The molecule has 6 nitrogen and oxygen atoms in total. The highest BCUT2D eigenvalue weighted by Crippen LogP contribution is 2.20. The average Bonchev–Trinajstić information content (AvgIpc) is 3.04. The highest BCUT2D eigenvalue weighted by Gasteiger charge is 2.28. The lowest BCUT2D eigenvalue weighted by Gasteiger charge is -2.29. The Hall–Kier alpha value is -2.34. The number of benzene rings is 1. The summed E-state index contributed by atoms with van der Waals surface area (Å²) in [6.45, 7) is 0.913. The van der Waals surface area contributed by atoms with Gasteiger partial charge in [-0.1, -0.05) is 17.7 Å². The topological polar surface area (TPSA) is 75.4 Å². The van der Waals surface area contributed by atoms with Crippen LogP contribution in [0.1, 0.15) is 23.2 Å². The van der Waals surface area contributed by atoms with E-state index in [-0.39, 0.29) is 11.8 Å². The van der Waals surface area contributed by atoms with Crippen molar-refractivity contribution in [2.75, 3.05) is 13.1 Å². The maximum absolute atomic E-state index is 12.5. The number of hydrogen-bond donors (Lipinski definition) is 1. The number of hydrogen-bond acceptors (Lipinski definition) is 3. The van der Waals surface area contributed by atoms with Gasteiger partial charge in [0.15, 0.2) is 0 Å². The lowest BCUT2D eigenvalue weighted by Crippen LogP contribution is -2.40. The largest absolute Gasteiger partial charge is 0.481 e. The molecule has 0 atom stereocenters. The number of piperidine rings is 1. The summed E-state index contributed by atoms with van der Waals surface area (Å²) >= 11 is 5.96. The van der Waals surface area contributed by atoms with E-state index >= 15 is 0 Å². The second kappa shape index (κ2) is 6.42. The van der Waals surface area contributed by atoms with E-state index in [4.69, 9.17) is 16.7 Å². The van der Waals surface area contributed by atoms with Crippen molar-refractivity contribution in [3.63, 3.8) is 0 Å². The van der Waals surface area contributed by atoms with E-state index in [0.29, 0.717) is 36.5 Å². The van der Waals surface area contributed by atoms with Crippen molar-refractivity contribution in [2.24, 2.45) is 5.92 Å². The SMILES string of the molecule is O=C(O)C1CCN(C(=O)c2cnn(-c3cccc(Cl)c3)c2)CC1. The number of carbonyl (C=O) groups is 2. The van der Waals surface area contributed by atoms with Gasteiger partial charge in [-0.25, -0.2) is 4.68 Å². The number of halogens is 1. The Morgan fingerprint density at radius 3 is 2.65 bits per heavy atom. The Labute approximate surface area is 138 Å². The monoisotopic (exact) mass is 333 g/mol. The average molecular weight is 334 g/mol. The second-order valence-corrected chi connectivity index (χ2v) is 5.99. The molecule has 2 aromatic rings.